The number of aromatic nitrogens is 3. The molecular formula is C9H7ClN4O4S. The van der Waals surface area contributed by atoms with E-state index in [4.69, 9.17) is 10.7 Å². The third kappa shape index (κ3) is 2.71. The highest BCUT2D eigenvalue weighted by Crippen LogP contribution is 2.28. The summed E-state index contributed by atoms with van der Waals surface area (Å²) in [5.74, 6) is -0.102. The number of rotatable bonds is 3. The van der Waals surface area contributed by atoms with E-state index in [0.29, 0.717) is 0 Å². The predicted octanol–water partition coefficient (Wildman–Crippen LogP) is 1.62. The SMILES string of the molecule is Cc1ccc([N+](=O)[O-])c(-c2n[nH]c(S(=O)(=O)Cl)n2)c1. The van der Waals surface area contributed by atoms with Crippen LogP contribution in [-0.4, -0.2) is 28.5 Å². The van der Waals surface area contributed by atoms with Gasteiger partial charge in [-0.25, -0.2) is 13.5 Å². The van der Waals surface area contributed by atoms with Gasteiger partial charge in [0, 0.05) is 16.7 Å². The lowest BCUT2D eigenvalue weighted by atomic mass is 10.1. The monoisotopic (exact) mass is 302 g/mol. The summed E-state index contributed by atoms with van der Waals surface area (Å²) < 4.78 is 22.1. The second kappa shape index (κ2) is 4.59. The van der Waals surface area contributed by atoms with Crippen molar-refractivity contribution in [1.29, 1.82) is 0 Å². The van der Waals surface area contributed by atoms with Gasteiger partial charge in [-0.1, -0.05) is 6.07 Å². The van der Waals surface area contributed by atoms with E-state index in [-0.39, 0.29) is 17.1 Å². The maximum atomic E-state index is 11.1. The average molecular weight is 303 g/mol. The summed E-state index contributed by atoms with van der Waals surface area (Å²) in [4.78, 5) is 14.0. The molecule has 1 heterocycles. The molecule has 1 aromatic heterocycles. The minimum absolute atomic E-state index is 0.102. The van der Waals surface area contributed by atoms with Crippen LogP contribution in [0, 0.1) is 17.0 Å². The number of H-pyrrole nitrogens is 1. The fourth-order valence-electron chi connectivity index (χ4n) is 1.46. The Balaban J connectivity index is 2.62. The van der Waals surface area contributed by atoms with Crippen LogP contribution >= 0.6 is 10.7 Å². The number of aryl methyl sites for hydroxylation is 1. The topological polar surface area (TPSA) is 119 Å². The van der Waals surface area contributed by atoms with Crippen LogP contribution in [0.4, 0.5) is 5.69 Å². The minimum atomic E-state index is -4.06. The normalized spacial score (nSPS) is 11.5. The highest BCUT2D eigenvalue weighted by molar-refractivity contribution is 8.13. The van der Waals surface area contributed by atoms with Crippen molar-refractivity contribution in [2.24, 2.45) is 0 Å². The van der Waals surface area contributed by atoms with Gasteiger partial charge in [0.15, 0.2) is 5.82 Å². The van der Waals surface area contributed by atoms with Crippen LogP contribution in [0.3, 0.4) is 0 Å². The number of hydrogen-bond donors (Lipinski definition) is 1. The Morgan fingerprint density at radius 1 is 1.42 bits per heavy atom. The van der Waals surface area contributed by atoms with Gasteiger partial charge >= 0.3 is 0 Å². The quantitative estimate of drug-likeness (QED) is 0.522. The zero-order chi connectivity index (χ0) is 14.2. The Labute approximate surface area is 112 Å². The van der Waals surface area contributed by atoms with Crippen LogP contribution in [0.1, 0.15) is 5.56 Å². The van der Waals surface area contributed by atoms with Gasteiger partial charge < -0.3 is 0 Å². The summed E-state index contributed by atoms with van der Waals surface area (Å²) in [6.07, 6.45) is 0. The van der Waals surface area contributed by atoms with Crippen molar-refractivity contribution >= 4 is 25.4 Å². The van der Waals surface area contributed by atoms with Crippen LogP contribution < -0.4 is 0 Å². The highest BCUT2D eigenvalue weighted by Gasteiger charge is 2.22. The van der Waals surface area contributed by atoms with Crippen molar-refractivity contribution in [3.8, 4) is 11.4 Å². The lowest BCUT2D eigenvalue weighted by molar-refractivity contribution is -0.384. The van der Waals surface area contributed by atoms with Gasteiger partial charge in [0.25, 0.3) is 19.9 Å². The largest absolute Gasteiger partial charge is 0.296 e. The number of nitrogens with one attached hydrogen (secondary N) is 1. The number of halogens is 1. The number of nitrogens with zero attached hydrogens (tertiary/aromatic N) is 3. The molecule has 0 aliphatic heterocycles. The van der Waals surface area contributed by atoms with Crippen molar-refractivity contribution in [2.45, 2.75) is 12.1 Å². The second-order valence-corrected chi connectivity index (χ2v) is 6.16. The molecule has 0 atom stereocenters. The van der Waals surface area contributed by atoms with E-state index in [0.717, 1.165) is 5.56 Å². The lowest BCUT2D eigenvalue weighted by Crippen LogP contribution is -1.95. The number of aromatic amines is 1. The molecule has 8 nitrogen and oxygen atoms in total. The molecule has 0 amide bonds. The number of hydrogen-bond acceptors (Lipinski definition) is 6. The first-order valence-corrected chi connectivity index (χ1v) is 7.22. The van der Waals surface area contributed by atoms with E-state index in [9.17, 15) is 18.5 Å². The smallest absolute Gasteiger partial charge is 0.258 e. The van der Waals surface area contributed by atoms with E-state index >= 15 is 0 Å². The summed E-state index contributed by atoms with van der Waals surface area (Å²) in [6, 6.07) is 4.36. The fourth-order valence-corrected chi connectivity index (χ4v) is 2.02. The Morgan fingerprint density at radius 2 is 2.11 bits per heavy atom. The van der Waals surface area contributed by atoms with Crippen LogP contribution in [0.25, 0.3) is 11.4 Å². The molecule has 0 spiro atoms. The minimum Gasteiger partial charge on any atom is -0.258 e. The van der Waals surface area contributed by atoms with Crippen LogP contribution in [-0.2, 0) is 9.05 Å². The van der Waals surface area contributed by atoms with Crippen molar-refractivity contribution < 1.29 is 13.3 Å². The standard InChI is InChI=1S/C9H7ClN4O4S/c1-5-2-3-7(14(15)16)6(4-5)8-11-9(13-12-8)19(10,17)18/h2-4H,1H3,(H,11,12,13). The lowest BCUT2D eigenvalue weighted by Gasteiger charge is -1.99. The van der Waals surface area contributed by atoms with Gasteiger partial charge in [0.05, 0.1) is 10.5 Å². The Bertz CT molecular complexity index is 755. The summed E-state index contributed by atoms with van der Waals surface area (Å²) in [5, 5.41) is 16.1. The molecule has 1 aromatic carbocycles. The third-order valence-electron chi connectivity index (χ3n) is 2.29. The van der Waals surface area contributed by atoms with Crippen molar-refractivity contribution in [3.63, 3.8) is 0 Å². The Kier molecular flexibility index (Phi) is 3.25. The third-order valence-corrected chi connectivity index (χ3v) is 3.37. The second-order valence-electron chi connectivity index (χ2n) is 3.68. The van der Waals surface area contributed by atoms with Gasteiger partial charge in [-0.3, -0.25) is 10.1 Å². The molecule has 2 rings (SSSR count). The first-order valence-electron chi connectivity index (χ1n) is 4.91. The van der Waals surface area contributed by atoms with E-state index in [1.54, 1.807) is 13.0 Å². The van der Waals surface area contributed by atoms with Gasteiger partial charge in [0.2, 0.25) is 0 Å². The van der Waals surface area contributed by atoms with Crippen molar-refractivity contribution in [2.75, 3.05) is 0 Å². The predicted molar refractivity (Wildman–Crippen MR) is 66.2 cm³/mol. The Hall–Kier alpha value is -2.00. The molecule has 0 fully saturated rings. The summed E-state index contributed by atoms with van der Waals surface area (Å²) in [7, 11) is 1.04. The van der Waals surface area contributed by atoms with E-state index < -0.39 is 19.1 Å². The van der Waals surface area contributed by atoms with Gasteiger partial charge in [-0.05, 0) is 18.6 Å². The molecule has 0 aliphatic carbocycles. The van der Waals surface area contributed by atoms with Gasteiger partial charge in [-0.15, -0.1) is 0 Å². The number of nitro groups is 1. The number of nitro benzene ring substituents is 1. The molecule has 100 valence electrons. The number of benzene rings is 1. The molecule has 19 heavy (non-hydrogen) atoms. The average Bonchev–Trinajstić information content (AvgIpc) is 2.77. The maximum Gasteiger partial charge on any atom is 0.296 e. The summed E-state index contributed by atoms with van der Waals surface area (Å²) >= 11 is 0. The summed E-state index contributed by atoms with van der Waals surface area (Å²) in [6.45, 7) is 1.74. The van der Waals surface area contributed by atoms with E-state index in [1.807, 2.05) is 0 Å². The molecule has 10 heteroatoms. The molecule has 0 radical (unpaired) electrons. The fraction of sp³-hybridized carbons (Fsp3) is 0.111. The van der Waals surface area contributed by atoms with Crippen LogP contribution in [0.5, 0.6) is 0 Å². The van der Waals surface area contributed by atoms with E-state index in [2.05, 4.69) is 15.2 Å². The molecule has 0 bridgehead atoms. The molecule has 1 N–H and O–H groups in total. The summed E-state index contributed by atoms with van der Waals surface area (Å²) in [5.41, 5.74) is 0.650. The zero-order valence-corrected chi connectivity index (χ0v) is 11.1. The van der Waals surface area contributed by atoms with E-state index in [1.165, 1.54) is 12.1 Å². The highest BCUT2D eigenvalue weighted by atomic mass is 35.7. The molecule has 2 aromatic rings. The molecule has 0 saturated carbocycles. The van der Waals surface area contributed by atoms with Gasteiger partial charge in [-0.2, -0.15) is 10.1 Å². The Morgan fingerprint density at radius 3 is 2.63 bits per heavy atom. The van der Waals surface area contributed by atoms with Crippen LogP contribution in [0.15, 0.2) is 23.4 Å². The first kappa shape index (κ1) is 13.4. The van der Waals surface area contributed by atoms with Gasteiger partial charge in [0.1, 0.15) is 0 Å². The molecule has 0 aliphatic rings. The molecule has 0 unspecified atom stereocenters. The zero-order valence-electron chi connectivity index (χ0n) is 9.49. The first-order chi connectivity index (χ1) is 8.79. The van der Waals surface area contributed by atoms with Crippen LogP contribution in [0.2, 0.25) is 0 Å². The van der Waals surface area contributed by atoms with Crippen molar-refractivity contribution in [1.82, 2.24) is 15.2 Å². The molecular weight excluding hydrogens is 296 g/mol. The van der Waals surface area contributed by atoms with Crippen molar-refractivity contribution in [3.05, 3.63) is 33.9 Å². The molecule has 0 saturated heterocycles. The maximum absolute atomic E-state index is 11.1.